The van der Waals surface area contributed by atoms with Gasteiger partial charge in [0.15, 0.2) is 0 Å². The zero-order chi connectivity index (χ0) is 8.53. The molecule has 0 aliphatic rings. The third-order valence-corrected chi connectivity index (χ3v) is 1.32. The van der Waals surface area contributed by atoms with E-state index < -0.39 is 0 Å². The maximum absolute atomic E-state index is 10.7. The molecule has 0 aromatic carbocycles. The second-order valence-corrected chi connectivity index (χ2v) is 2.37. The van der Waals surface area contributed by atoms with Crippen LogP contribution in [0.3, 0.4) is 0 Å². The van der Waals surface area contributed by atoms with Gasteiger partial charge in [0, 0.05) is 6.54 Å². The van der Waals surface area contributed by atoms with Gasteiger partial charge < -0.3 is 5.32 Å². The molecule has 0 bridgehead atoms. The molecule has 0 saturated heterocycles. The fourth-order valence-corrected chi connectivity index (χ4v) is 0.730. The molecule has 3 N–H and O–H groups in total. The molecule has 4 heteroatoms. The molecule has 66 valence electrons. The fourth-order valence-electron chi connectivity index (χ4n) is 0.730. The Morgan fingerprint density at radius 1 is 1.55 bits per heavy atom. The summed E-state index contributed by atoms with van der Waals surface area (Å²) in [6.45, 7) is 2.78. The molecule has 0 aliphatic heterocycles. The normalized spacial score (nSPS) is 9.64. The van der Waals surface area contributed by atoms with Crippen LogP contribution in [0, 0.1) is 0 Å². The molecule has 0 atom stereocenters. The molecule has 0 fully saturated rings. The molecule has 4 nitrogen and oxygen atoms in total. The average molecular weight is 160 g/mol. The van der Waals surface area contributed by atoms with Crippen molar-refractivity contribution < 1.29 is 9.63 Å². The van der Waals surface area contributed by atoms with Crippen LogP contribution in [0.1, 0.15) is 26.2 Å². The lowest BCUT2D eigenvalue weighted by molar-refractivity contribution is -0.125. The summed E-state index contributed by atoms with van der Waals surface area (Å²) < 4.78 is 0. The highest BCUT2D eigenvalue weighted by Crippen LogP contribution is 1.90. The number of unbranched alkanes of at least 4 members (excludes halogenated alkanes) is 2. The molecule has 0 aromatic rings. The number of amides is 1. The van der Waals surface area contributed by atoms with E-state index in [1.54, 1.807) is 0 Å². The van der Waals surface area contributed by atoms with Crippen LogP contribution in [0.4, 0.5) is 0 Å². The minimum atomic E-state index is -0.149. The quantitative estimate of drug-likeness (QED) is 0.430. The van der Waals surface area contributed by atoms with E-state index in [4.69, 9.17) is 5.90 Å². The van der Waals surface area contributed by atoms with Crippen LogP contribution in [0.15, 0.2) is 0 Å². The van der Waals surface area contributed by atoms with Crippen LogP contribution in [0.2, 0.25) is 0 Å². The molecule has 11 heavy (non-hydrogen) atoms. The van der Waals surface area contributed by atoms with Gasteiger partial charge in [-0.1, -0.05) is 19.8 Å². The van der Waals surface area contributed by atoms with Crippen molar-refractivity contribution in [1.29, 1.82) is 0 Å². The highest BCUT2D eigenvalue weighted by atomic mass is 16.6. The summed E-state index contributed by atoms with van der Waals surface area (Å²) in [6.07, 6.45) is 3.32. The molecule has 1 amide bonds. The van der Waals surface area contributed by atoms with E-state index in [1.807, 2.05) is 0 Å². The molecule has 0 radical (unpaired) electrons. The Balaban J connectivity index is 3.04. The predicted octanol–water partition coefficient (Wildman–Crippen LogP) is 0.183. The highest BCUT2D eigenvalue weighted by Gasteiger charge is 1.97. The minimum absolute atomic E-state index is 0.0495. The SMILES string of the molecule is CCCCCNC(=O)CON. The summed E-state index contributed by atoms with van der Waals surface area (Å²) in [7, 11) is 0. The maximum Gasteiger partial charge on any atom is 0.248 e. The summed E-state index contributed by atoms with van der Waals surface area (Å²) in [5.74, 6) is 4.55. The summed E-state index contributed by atoms with van der Waals surface area (Å²) in [5, 5.41) is 2.67. The molecular formula is C7H16N2O2. The van der Waals surface area contributed by atoms with Gasteiger partial charge in [-0.3, -0.25) is 9.63 Å². The van der Waals surface area contributed by atoms with E-state index in [2.05, 4.69) is 17.1 Å². The molecule has 0 spiro atoms. The van der Waals surface area contributed by atoms with Gasteiger partial charge in [-0.2, -0.15) is 0 Å². The van der Waals surface area contributed by atoms with Crippen LogP contribution in [0.25, 0.3) is 0 Å². The van der Waals surface area contributed by atoms with Gasteiger partial charge in [0.2, 0.25) is 5.91 Å². The van der Waals surface area contributed by atoms with Crippen LogP contribution in [0.5, 0.6) is 0 Å². The molecule has 0 saturated carbocycles. The van der Waals surface area contributed by atoms with E-state index in [9.17, 15) is 4.79 Å². The van der Waals surface area contributed by atoms with Crippen LogP contribution in [-0.4, -0.2) is 19.1 Å². The Morgan fingerprint density at radius 2 is 2.27 bits per heavy atom. The first kappa shape index (κ1) is 10.4. The van der Waals surface area contributed by atoms with Gasteiger partial charge in [-0.25, -0.2) is 5.90 Å². The van der Waals surface area contributed by atoms with E-state index in [1.165, 1.54) is 0 Å². The van der Waals surface area contributed by atoms with Gasteiger partial charge in [0.1, 0.15) is 6.61 Å². The van der Waals surface area contributed by atoms with Crippen molar-refractivity contribution in [2.75, 3.05) is 13.2 Å². The number of hydrogen-bond donors (Lipinski definition) is 2. The average Bonchev–Trinajstić information content (AvgIpc) is 1.99. The van der Waals surface area contributed by atoms with Crippen molar-refractivity contribution in [3.63, 3.8) is 0 Å². The number of rotatable bonds is 6. The van der Waals surface area contributed by atoms with E-state index in [0.29, 0.717) is 0 Å². The van der Waals surface area contributed by atoms with E-state index >= 15 is 0 Å². The van der Waals surface area contributed by atoms with Gasteiger partial charge in [0.25, 0.3) is 0 Å². The summed E-state index contributed by atoms with van der Waals surface area (Å²) >= 11 is 0. The van der Waals surface area contributed by atoms with Gasteiger partial charge in [-0.15, -0.1) is 0 Å². The van der Waals surface area contributed by atoms with Gasteiger partial charge >= 0.3 is 0 Å². The number of nitrogens with one attached hydrogen (secondary N) is 1. The van der Waals surface area contributed by atoms with Crippen molar-refractivity contribution in [2.45, 2.75) is 26.2 Å². The zero-order valence-corrected chi connectivity index (χ0v) is 6.93. The lowest BCUT2D eigenvalue weighted by Crippen LogP contribution is -2.29. The second-order valence-electron chi connectivity index (χ2n) is 2.37. The Hall–Kier alpha value is -0.610. The second kappa shape index (κ2) is 7.50. The highest BCUT2D eigenvalue weighted by molar-refractivity contribution is 5.76. The third kappa shape index (κ3) is 7.29. The van der Waals surface area contributed by atoms with Crippen molar-refractivity contribution in [3.05, 3.63) is 0 Å². The minimum Gasteiger partial charge on any atom is -0.354 e. The van der Waals surface area contributed by atoms with Crippen molar-refractivity contribution in [2.24, 2.45) is 5.90 Å². The first-order valence-electron chi connectivity index (χ1n) is 3.89. The molecule has 0 aromatic heterocycles. The van der Waals surface area contributed by atoms with Crippen LogP contribution < -0.4 is 11.2 Å². The summed E-state index contributed by atoms with van der Waals surface area (Å²) in [4.78, 5) is 14.8. The molecular weight excluding hydrogens is 144 g/mol. The largest absolute Gasteiger partial charge is 0.354 e. The molecule has 0 heterocycles. The summed E-state index contributed by atoms with van der Waals surface area (Å²) in [6, 6.07) is 0. The Labute approximate surface area is 67.0 Å². The van der Waals surface area contributed by atoms with Crippen molar-refractivity contribution in [3.8, 4) is 0 Å². The predicted molar refractivity (Wildman–Crippen MR) is 42.7 cm³/mol. The maximum atomic E-state index is 10.7. The Morgan fingerprint density at radius 3 is 2.82 bits per heavy atom. The van der Waals surface area contributed by atoms with Crippen LogP contribution in [-0.2, 0) is 9.63 Å². The number of nitrogens with two attached hydrogens (primary N) is 1. The Kier molecular flexibility index (Phi) is 7.08. The smallest absolute Gasteiger partial charge is 0.248 e. The first-order valence-corrected chi connectivity index (χ1v) is 3.89. The van der Waals surface area contributed by atoms with Crippen LogP contribution >= 0.6 is 0 Å². The molecule has 0 aliphatic carbocycles. The monoisotopic (exact) mass is 160 g/mol. The fraction of sp³-hybridized carbons (Fsp3) is 0.857. The van der Waals surface area contributed by atoms with Crippen molar-refractivity contribution in [1.82, 2.24) is 5.32 Å². The van der Waals surface area contributed by atoms with Crippen molar-refractivity contribution >= 4 is 5.91 Å². The third-order valence-electron chi connectivity index (χ3n) is 1.32. The molecule has 0 unspecified atom stereocenters. The Bertz CT molecular complexity index is 107. The lowest BCUT2D eigenvalue weighted by Gasteiger charge is -2.01. The van der Waals surface area contributed by atoms with Gasteiger partial charge in [-0.05, 0) is 6.42 Å². The zero-order valence-electron chi connectivity index (χ0n) is 6.93. The van der Waals surface area contributed by atoms with E-state index in [-0.39, 0.29) is 12.5 Å². The lowest BCUT2D eigenvalue weighted by atomic mass is 10.2. The standard InChI is InChI=1S/C7H16N2O2/c1-2-3-4-5-9-7(10)6-11-8/h2-6,8H2,1H3,(H,9,10). The summed E-state index contributed by atoms with van der Waals surface area (Å²) in [5.41, 5.74) is 0. The molecule has 0 rings (SSSR count). The number of carbonyl (C=O) groups is 1. The van der Waals surface area contributed by atoms with Gasteiger partial charge in [0.05, 0.1) is 0 Å². The number of carbonyl (C=O) groups excluding carboxylic acids is 1. The number of hydrogen-bond acceptors (Lipinski definition) is 3. The first-order chi connectivity index (χ1) is 5.31. The topological polar surface area (TPSA) is 64.3 Å². The van der Waals surface area contributed by atoms with E-state index in [0.717, 1.165) is 25.8 Å².